The standard InChI is InChI=1S/C63H106N2O5/c1-42(2)16-13-18-44(5)52-24-26-54-50-22-20-46-40-48(28-32-60(46,7)56(50)30-34-62(52,54)9)69-58(66)64-36-11-12-38-68-39-15-37-65-59(67)70-49-29-33-61(8)47(41-49)21-23-51-55-27-25-53(45(6)19-14-17-43(3)4)63(55,10)35-31-57(51)61/h20-21,42-45,48-57H,11-19,22-41H2,1-10H3,(H,64,66)(H,65,67). The van der Waals surface area contributed by atoms with Crippen LogP contribution in [0.25, 0.3) is 0 Å². The summed E-state index contributed by atoms with van der Waals surface area (Å²) >= 11 is 0. The molecule has 0 saturated heterocycles. The average molecular weight is 972 g/mol. The Morgan fingerprint density at radius 1 is 0.529 bits per heavy atom. The second-order valence-electron chi connectivity index (χ2n) is 27.6. The third-order valence-electron chi connectivity index (χ3n) is 22.8. The molecule has 7 nitrogen and oxygen atoms in total. The minimum absolute atomic E-state index is 0.0193. The second kappa shape index (κ2) is 23.3. The van der Waals surface area contributed by atoms with Gasteiger partial charge in [-0.25, -0.2) is 9.59 Å². The molecule has 0 aromatic heterocycles. The molecule has 0 radical (unpaired) electrons. The highest BCUT2D eigenvalue weighted by atomic mass is 16.6. The Bertz CT molecular complexity index is 1680. The third kappa shape index (κ3) is 11.6. The van der Waals surface area contributed by atoms with E-state index >= 15 is 0 Å². The summed E-state index contributed by atoms with van der Waals surface area (Å²) in [5.74, 6) is 10.1. The van der Waals surface area contributed by atoms with Crippen molar-refractivity contribution in [2.24, 2.45) is 92.7 Å². The molecule has 16 atom stereocenters. The van der Waals surface area contributed by atoms with Crippen LogP contribution < -0.4 is 10.6 Å². The smallest absolute Gasteiger partial charge is 0.407 e. The Balaban J connectivity index is 0.665. The van der Waals surface area contributed by atoms with Crippen LogP contribution in [0.5, 0.6) is 0 Å². The number of hydrogen-bond donors (Lipinski definition) is 2. The normalized spacial score (nSPS) is 39.5. The van der Waals surface area contributed by atoms with Crippen molar-refractivity contribution in [3.05, 3.63) is 23.3 Å². The topological polar surface area (TPSA) is 85.9 Å². The molecule has 0 heterocycles. The highest BCUT2D eigenvalue weighted by Gasteiger charge is 2.61. The van der Waals surface area contributed by atoms with Gasteiger partial charge in [-0.1, -0.05) is 131 Å². The Labute approximate surface area is 429 Å². The van der Waals surface area contributed by atoms with Crippen molar-refractivity contribution >= 4 is 12.2 Å². The fourth-order valence-electron chi connectivity index (χ4n) is 18.9. The Morgan fingerprint density at radius 3 is 1.43 bits per heavy atom. The van der Waals surface area contributed by atoms with E-state index in [1.165, 1.54) is 103 Å². The molecule has 0 spiro atoms. The van der Waals surface area contributed by atoms with Gasteiger partial charge in [0.1, 0.15) is 12.2 Å². The van der Waals surface area contributed by atoms with E-state index in [-0.39, 0.29) is 35.2 Å². The van der Waals surface area contributed by atoms with E-state index in [4.69, 9.17) is 14.2 Å². The Hall–Kier alpha value is -2.02. The molecule has 8 aliphatic carbocycles. The van der Waals surface area contributed by atoms with Crippen LogP contribution in [0, 0.1) is 92.7 Å². The number of amides is 2. The van der Waals surface area contributed by atoms with Crippen LogP contribution in [-0.2, 0) is 14.2 Å². The van der Waals surface area contributed by atoms with Gasteiger partial charge in [-0.05, 0) is 202 Å². The minimum atomic E-state index is -0.285. The molecule has 2 N–H and O–H groups in total. The van der Waals surface area contributed by atoms with E-state index in [2.05, 4.69) is 92.0 Å². The zero-order valence-electron chi connectivity index (χ0n) is 46.8. The fourth-order valence-corrected chi connectivity index (χ4v) is 18.9. The van der Waals surface area contributed by atoms with Crippen molar-refractivity contribution in [1.82, 2.24) is 10.6 Å². The number of ether oxygens (including phenoxy) is 3. The van der Waals surface area contributed by atoms with Gasteiger partial charge in [0.15, 0.2) is 0 Å². The predicted molar refractivity (Wildman–Crippen MR) is 287 cm³/mol. The van der Waals surface area contributed by atoms with Gasteiger partial charge in [-0.3, -0.25) is 0 Å². The summed E-state index contributed by atoms with van der Waals surface area (Å²) in [6.45, 7) is 27.5. The van der Waals surface area contributed by atoms with Gasteiger partial charge in [0.05, 0.1) is 0 Å². The zero-order valence-corrected chi connectivity index (χ0v) is 46.8. The fraction of sp³-hybridized carbons (Fsp3) is 0.905. The molecule has 0 aliphatic heterocycles. The average Bonchev–Trinajstić information content (AvgIpc) is 3.86. The molecule has 0 bridgehead atoms. The van der Waals surface area contributed by atoms with Crippen molar-refractivity contribution < 1.29 is 23.8 Å². The first-order valence-electron chi connectivity index (χ1n) is 30.3. The third-order valence-corrected chi connectivity index (χ3v) is 22.8. The first-order chi connectivity index (χ1) is 33.5. The molecular weight excluding hydrogens is 865 g/mol. The van der Waals surface area contributed by atoms with Crippen molar-refractivity contribution in [3.63, 3.8) is 0 Å². The molecular formula is C63H106N2O5. The summed E-state index contributed by atoms with van der Waals surface area (Å²) in [6, 6.07) is 0. The van der Waals surface area contributed by atoms with Gasteiger partial charge in [0, 0.05) is 39.1 Å². The first-order valence-corrected chi connectivity index (χ1v) is 30.3. The van der Waals surface area contributed by atoms with E-state index in [0.717, 1.165) is 129 Å². The maximum atomic E-state index is 12.9. The molecule has 8 aliphatic rings. The van der Waals surface area contributed by atoms with E-state index in [9.17, 15) is 9.59 Å². The highest BCUT2D eigenvalue weighted by molar-refractivity contribution is 5.67. The predicted octanol–water partition coefficient (Wildman–Crippen LogP) is 16.4. The SMILES string of the molecule is CC(C)CCCC(C)C1CCC2C3CC=C4CC(OC(=O)NCCCCOCCCNC(=O)OC5CCC6(C)C(=CCC7C6CCC6(C)C(C(C)CCCC(C)C)CCC76)C5)CCC4(C)C3CCC12C. The van der Waals surface area contributed by atoms with Gasteiger partial charge in [-0.2, -0.15) is 0 Å². The number of rotatable bonds is 21. The summed E-state index contributed by atoms with van der Waals surface area (Å²) < 4.78 is 18.0. The van der Waals surface area contributed by atoms with Crippen LogP contribution in [0.3, 0.4) is 0 Å². The van der Waals surface area contributed by atoms with Crippen LogP contribution >= 0.6 is 0 Å². The van der Waals surface area contributed by atoms with Crippen LogP contribution in [0.4, 0.5) is 9.59 Å². The van der Waals surface area contributed by atoms with Gasteiger partial charge in [-0.15, -0.1) is 0 Å². The number of carbonyl (C=O) groups is 2. The van der Waals surface area contributed by atoms with Crippen molar-refractivity contribution in [1.29, 1.82) is 0 Å². The summed E-state index contributed by atoms with van der Waals surface area (Å²) in [6.07, 6.45) is 35.2. The number of allylic oxidation sites excluding steroid dienone is 2. The number of carbonyl (C=O) groups excluding carboxylic acids is 2. The molecule has 6 saturated carbocycles. The molecule has 0 aromatic rings. The lowest BCUT2D eigenvalue weighted by Crippen LogP contribution is -2.51. The Morgan fingerprint density at radius 2 is 0.971 bits per heavy atom. The lowest BCUT2D eigenvalue weighted by atomic mass is 9.47. The molecule has 7 heteroatoms. The van der Waals surface area contributed by atoms with E-state index in [0.29, 0.717) is 37.1 Å². The maximum absolute atomic E-state index is 12.9. The first kappa shape index (κ1) is 54.2. The number of unbranched alkanes of at least 4 members (excludes halogenated alkanes) is 1. The molecule has 0 aromatic carbocycles. The molecule has 70 heavy (non-hydrogen) atoms. The van der Waals surface area contributed by atoms with Crippen molar-refractivity contribution in [3.8, 4) is 0 Å². The van der Waals surface area contributed by atoms with Crippen LogP contribution in [0.2, 0.25) is 0 Å². The van der Waals surface area contributed by atoms with E-state index in [1.807, 2.05) is 0 Å². The summed E-state index contributed by atoms with van der Waals surface area (Å²) in [5, 5.41) is 6.02. The van der Waals surface area contributed by atoms with Gasteiger partial charge in [0.25, 0.3) is 0 Å². The molecule has 8 rings (SSSR count). The van der Waals surface area contributed by atoms with Gasteiger partial charge >= 0.3 is 12.2 Å². The molecule has 398 valence electrons. The zero-order chi connectivity index (χ0) is 49.8. The summed E-state index contributed by atoms with van der Waals surface area (Å²) in [7, 11) is 0. The van der Waals surface area contributed by atoms with Crippen LogP contribution in [0.1, 0.15) is 230 Å². The summed E-state index contributed by atoms with van der Waals surface area (Å²) in [4.78, 5) is 25.8. The minimum Gasteiger partial charge on any atom is -0.446 e. The number of fused-ring (bicyclic) bond motifs is 10. The number of nitrogens with one attached hydrogen (secondary N) is 2. The van der Waals surface area contributed by atoms with Crippen LogP contribution in [-0.4, -0.2) is 50.7 Å². The van der Waals surface area contributed by atoms with Crippen molar-refractivity contribution in [2.75, 3.05) is 26.3 Å². The van der Waals surface area contributed by atoms with E-state index in [1.54, 1.807) is 11.1 Å². The van der Waals surface area contributed by atoms with Gasteiger partial charge < -0.3 is 24.8 Å². The quantitative estimate of drug-likeness (QED) is 0.0884. The van der Waals surface area contributed by atoms with Crippen LogP contribution in [0.15, 0.2) is 23.3 Å². The molecule has 2 amide bonds. The van der Waals surface area contributed by atoms with Crippen molar-refractivity contribution in [2.45, 2.75) is 242 Å². The maximum Gasteiger partial charge on any atom is 0.407 e. The largest absolute Gasteiger partial charge is 0.446 e. The second-order valence-corrected chi connectivity index (χ2v) is 27.6. The monoisotopic (exact) mass is 971 g/mol. The summed E-state index contributed by atoms with van der Waals surface area (Å²) in [5.41, 5.74) is 4.70. The molecule has 16 unspecified atom stereocenters. The molecule has 6 fully saturated rings. The highest BCUT2D eigenvalue weighted by Crippen LogP contribution is 2.69. The Kier molecular flexibility index (Phi) is 18.0. The van der Waals surface area contributed by atoms with Gasteiger partial charge in [0.2, 0.25) is 0 Å². The lowest BCUT2D eigenvalue weighted by Gasteiger charge is -2.58. The lowest BCUT2D eigenvalue weighted by molar-refractivity contribution is -0.0581. The number of alkyl carbamates (subject to hydrolysis) is 2. The van der Waals surface area contributed by atoms with E-state index < -0.39 is 0 Å². The number of hydrogen-bond acceptors (Lipinski definition) is 5.